The second-order valence-corrected chi connectivity index (χ2v) is 5.34. The first-order valence-corrected chi connectivity index (χ1v) is 7.99. The Kier molecular flexibility index (Phi) is 6.95. The topological polar surface area (TPSA) is 59.6 Å². The molecule has 0 spiro atoms. The molecule has 0 aliphatic rings. The molecule has 24 heavy (non-hydrogen) atoms. The van der Waals surface area contributed by atoms with Crippen LogP contribution in [0.25, 0.3) is 0 Å². The number of ether oxygens (including phenoxy) is 2. The minimum atomic E-state index is -0.154. The Hall–Kier alpha value is -2.69. The molecule has 0 saturated heterocycles. The van der Waals surface area contributed by atoms with Crippen LogP contribution in [0.1, 0.15) is 11.1 Å². The number of methoxy groups -OCH3 is 2. The fourth-order valence-electron chi connectivity index (χ4n) is 2.40. The maximum absolute atomic E-state index is 11.8. The molecule has 2 rings (SSSR count). The summed E-state index contributed by atoms with van der Waals surface area (Å²) in [4.78, 5) is 11.8. The summed E-state index contributed by atoms with van der Waals surface area (Å²) in [7, 11) is 3.30. The first-order valence-electron chi connectivity index (χ1n) is 7.99. The van der Waals surface area contributed by atoms with E-state index < -0.39 is 0 Å². The Morgan fingerprint density at radius 2 is 1.54 bits per heavy atom. The number of nitrogens with one attached hydrogen (secondary N) is 2. The van der Waals surface area contributed by atoms with E-state index in [4.69, 9.17) is 9.47 Å². The van der Waals surface area contributed by atoms with Crippen LogP contribution in [-0.2, 0) is 12.8 Å². The monoisotopic (exact) mass is 328 g/mol. The Morgan fingerprint density at radius 1 is 0.875 bits per heavy atom. The van der Waals surface area contributed by atoms with Crippen molar-refractivity contribution >= 4 is 6.03 Å². The average Bonchev–Trinajstić information content (AvgIpc) is 2.62. The predicted molar refractivity (Wildman–Crippen MR) is 94.8 cm³/mol. The van der Waals surface area contributed by atoms with Gasteiger partial charge < -0.3 is 20.1 Å². The van der Waals surface area contributed by atoms with Gasteiger partial charge in [-0.3, -0.25) is 0 Å². The van der Waals surface area contributed by atoms with Crippen LogP contribution in [0.5, 0.6) is 11.5 Å². The van der Waals surface area contributed by atoms with Crippen molar-refractivity contribution in [3.63, 3.8) is 0 Å². The van der Waals surface area contributed by atoms with Crippen LogP contribution in [0.4, 0.5) is 4.79 Å². The molecule has 0 unspecified atom stereocenters. The van der Waals surface area contributed by atoms with Crippen molar-refractivity contribution in [1.29, 1.82) is 0 Å². The van der Waals surface area contributed by atoms with Gasteiger partial charge in [0, 0.05) is 13.1 Å². The SMILES string of the molecule is COc1ccc(CCNC(=O)NCCc2ccccc2OC)cc1. The van der Waals surface area contributed by atoms with Gasteiger partial charge in [0.25, 0.3) is 0 Å². The number of amides is 2. The first-order chi connectivity index (χ1) is 11.7. The summed E-state index contributed by atoms with van der Waals surface area (Å²) >= 11 is 0. The van der Waals surface area contributed by atoms with Crippen molar-refractivity contribution in [2.45, 2.75) is 12.8 Å². The lowest BCUT2D eigenvalue weighted by atomic mass is 10.1. The molecule has 0 aromatic heterocycles. The molecule has 0 bridgehead atoms. The van der Waals surface area contributed by atoms with E-state index in [0.717, 1.165) is 35.5 Å². The second-order valence-electron chi connectivity index (χ2n) is 5.34. The number of carbonyl (C=O) groups is 1. The molecule has 5 nitrogen and oxygen atoms in total. The van der Waals surface area contributed by atoms with E-state index >= 15 is 0 Å². The van der Waals surface area contributed by atoms with Crippen molar-refractivity contribution < 1.29 is 14.3 Å². The van der Waals surface area contributed by atoms with E-state index in [9.17, 15) is 4.79 Å². The lowest BCUT2D eigenvalue weighted by Gasteiger charge is -2.10. The van der Waals surface area contributed by atoms with Crippen LogP contribution in [0, 0.1) is 0 Å². The largest absolute Gasteiger partial charge is 0.497 e. The summed E-state index contributed by atoms with van der Waals surface area (Å²) in [5, 5.41) is 5.72. The fraction of sp³-hybridized carbons (Fsp3) is 0.316. The summed E-state index contributed by atoms with van der Waals surface area (Å²) in [5.41, 5.74) is 2.24. The number of urea groups is 1. The molecule has 0 aliphatic carbocycles. The minimum absolute atomic E-state index is 0.154. The highest BCUT2D eigenvalue weighted by molar-refractivity contribution is 5.73. The molecule has 0 saturated carbocycles. The molecule has 2 amide bonds. The molecular formula is C19H24N2O3. The quantitative estimate of drug-likeness (QED) is 0.783. The highest BCUT2D eigenvalue weighted by Crippen LogP contribution is 2.17. The number of carbonyl (C=O) groups excluding carboxylic acids is 1. The molecule has 2 aromatic carbocycles. The smallest absolute Gasteiger partial charge is 0.314 e. The summed E-state index contributed by atoms with van der Waals surface area (Å²) in [6.07, 6.45) is 1.51. The zero-order chi connectivity index (χ0) is 17.2. The predicted octanol–water partition coefficient (Wildman–Crippen LogP) is 2.79. The molecule has 0 fully saturated rings. The summed E-state index contributed by atoms with van der Waals surface area (Å²) in [6.45, 7) is 1.15. The van der Waals surface area contributed by atoms with E-state index in [-0.39, 0.29) is 6.03 Å². The number of benzene rings is 2. The molecule has 128 valence electrons. The van der Waals surface area contributed by atoms with E-state index in [1.165, 1.54) is 0 Å². The third-order valence-electron chi connectivity index (χ3n) is 3.73. The van der Waals surface area contributed by atoms with Gasteiger partial charge in [-0.25, -0.2) is 4.79 Å². The standard InChI is InChI=1S/C19H24N2O3/c1-23-17-9-7-15(8-10-17)11-13-20-19(22)21-14-12-16-5-3-4-6-18(16)24-2/h3-10H,11-14H2,1-2H3,(H2,20,21,22). The third kappa shape index (κ3) is 5.50. The van der Waals surface area contributed by atoms with Crippen LogP contribution >= 0.6 is 0 Å². The van der Waals surface area contributed by atoms with Gasteiger partial charge in [0.05, 0.1) is 14.2 Å². The summed E-state index contributed by atoms with van der Waals surface area (Å²) in [5.74, 6) is 1.68. The molecule has 0 radical (unpaired) electrons. The van der Waals surface area contributed by atoms with E-state index in [1.807, 2.05) is 48.5 Å². The summed E-state index contributed by atoms with van der Waals surface area (Å²) < 4.78 is 10.4. The second kappa shape index (κ2) is 9.45. The van der Waals surface area contributed by atoms with Gasteiger partial charge in [0.2, 0.25) is 0 Å². The summed E-state index contributed by atoms with van der Waals surface area (Å²) in [6, 6.07) is 15.5. The first kappa shape index (κ1) is 17.7. The number of hydrogen-bond donors (Lipinski definition) is 2. The van der Waals surface area contributed by atoms with Gasteiger partial charge >= 0.3 is 6.03 Å². The Morgan fingerprint density at radius 3 is 2.21 bits per heavy atom. The van der Waals surface area contributed by atoms with E-state index in [1.54, 1.807) is 14.2 Å². The lowest BCUT2D eigenvalue weighted by Crippen LogP contribution is -2.37. The maximum atomic E-state index is 11.8. The van der Waals surface area contributed by atoms with E-state index in [0.29, 0.717) is 13.1 Å². The maximum Gasteiger partial charge on any atom is 0.314 e. The highest BCUT2D eigenvalue weighted by Gasteiger charge is 2.03. The number of hydrogen-bond acceptors (Lipinski definition) is 3. The third-order valence-corrected chi connectivity index (χ3v) is 3.73. The molecule has 5 heteroatoms. The Balaban J connectivity index is 1.66. The molecular weight excluding hydrogens is 304 g/mol. The average molecular weight is 328 g/mol. The number of rotatable bonds is 8. The van der Waals surface area contributed by atoms with Crippen molar-refractivity contribution in [2.24, 2.45) is 0 Å². The van der Waals surface area contributed by atoms with Crippen LogP contribution < -0.4 is 20.1 Å². The Bertz CT molecular complexity index is 641. The van der Waals surface area contributed by atoms with Crippen molar-refractivity contribution in [3.05, 3.63) is 59.7 Å². The van der Waals surface area contributed by atoms with E-state index in [2.05, 4.69) is 10.6 Å². The molecule has 0 heterocycles. The van der Waals surface area contributed by atoms with Gasteiger partial charge in [0.1, 0.15) is 11.5 Å². The lowest BCUT2D eigenvalue weighted by molar-refractivity contribution is 0.241. The van der Waals surface area contributed by atoms with Crippen molar-refractivity contribution in [3.8, 4) is 11.5 Å². The van der Waals surface area contributed by atoms with Gasteiger partial charge in [-0.05, 0) is 42.2 Å². The van der Waals surface area contributed by atoms with Crippen LogP contribution in [-0.4, -0.2) is 33.3 Å². The fourth-order valence-corrected chi connectivity index (χ4v) is 2.40. The molecule has 2 N–H and O–H groups in total. The normalized spacial score (nSPS) is 10.1. The van der Waals surface area contributed by atoms with Crippen LogP contribution in [0.15, 0.2) is 48.5 Å². The zero-order valence-corrected chi connectivity index (χ0v) is 14.2. The molecule has 0 atom stereocenters. The highest BCUT2D eigenvalue weighted by atomic mass is 16.5. The van der Waals surface area contributed by atoms with Gasteiger partial charge in [0.15, 0.2) is 0 Å². The molecule has 2 aromatic rings. The van der Waals surface area contributed by atoms with Gasteiger partial charge in [-0.2, -0.15) is 0 Å². The Labute approximate surface area is 143 Å². The van der Waals surface area contributed by atoms with Crippen LogP contribution in [0.3, 0.4) is 0 Å². The van der Waals surface area contributed by atoms with Gasteiger partial charge in [-0.1, -0.05) is 30.3 Å². The van der Waals surface area contributed by atoms with Crippen LogP contribution in [0.2, 0.25) is 0 Å². The van der Waals surface area contributed by atoms with Crippen molar-refractivity contribution in [2.75, 3.05) is 27.3 Å². The minimum Gasteiger partial charge on any atom is -0.497 e. The number of para-hydroxylation sites is 1. The van der Waals surface area contributed by atoms with Gasteiger partial charge in [-0.15, -0.1) is 0 Å². The van der Waals surface area contributed by atoms with Crippen molar-refractivity contribution in [1.82, 2.24) is 10.6 Å². The zero-order valence-electron chi connectivity index (χ0n) is 14.2. The molecule has 0 aliphatic heterocycles.